The van der Waals surface area contributed by atoms with Crippen LogP contribution < -0.4 is 5.56 Å². The number of fused-ring (bicyclic) bond motifs is 3. The van der Waals surface area contributed by atoms with E-state index in [9.17, 15) is 14.7 Å². The molecule has 7 nitrogen and oxygen atoms in total. The van der Waals surface area contributed by atoms with E-state index in [-0.39, 0.29) is 5.56 Å². The van der Waals surface area contributed by atoms with E-state index < -0.39 is 11.2 Å². The average Bonchev–Trinajstić information content (AvgIpc) is 3.03. The van der Waals surface area contributed by atoms with Crippen LogP contribution in [0.15, 0.2) is 34.2 Å². The van der Waals surface area contributed by atoms with Crippen molar-refractivity contribution in [2.75, 3.05) is 13.7 Å². The lowest BCUT2D eigenvalue weighted by Crippen LogP contribution is -2.27. The second-order valence-corrected chi connectivity index (χ2v) is 7.50. The summed E-state index contributed by atoms with van der Waals surface area (Å²) in [4.78, 5) is 32.6. The minimum Gasteiger partial charge on any atom is -0.480 e. The lowest BCUT2D eigenvalue weighted by Gasteiger charge is -2.15. The molecule has 3 rings (SSSR count). The van der Waals surface area contributed by atoms with Gasteiger partial charge in [-0.15, -0.1) is 0 Å². The van der Waals surface area contributed by atoms with Crippen molar-refractivity contribution in [1.29, 1.82) is 0 Å². The molecule has 2 N–H and O–H groups in total. The van der Waals surface area contributed by atoms with Gasteiger partial charge in [-0.2, -0.15) is 0 Å². The van der Waals surface area contributed by atoms with Gasteiger partial charge in [0, 0.05) is 18.0 Å². The topological polar surface area (TPSA) is 97.2 Å². The molecule has 1 atom stereocenters. The van der Waals surface area contributed by atoms with Crippen molar-refractivity contribution in [2.45, 2.75) is 43.1 Å². The van der Waals surface area contributed by atoms with Gasteiger partial charge in [0.15, 0.2) is 5.16 Å². The fourth-order valence-corrected chi connectivity index (χ4v) is 4.08. The Labute approximate surface area is 160 Å². The number of nitrogens with zero attached hydrogens (tertiary/aromatic N) is 2. The maximum absolute atomic E-state index is 13.1. The monoisotopic (exact) mass is 389 g/mol. The summed E-state index contributed by atoms with van der Waals surface area (Å²) in [7, 11) is 1.56. The second-order valence-electron chi connectivity index (χ2n) is 6.33. The molecule has 0 saturated carbocycles. The molecule has 0 spiro atoms. The van der Waals surface area contributed by atoms with Crippen LogP contribution in [0.5, 0.6) is 0 Å². The molecule has 0 amide bonds. The zero-order chi connectivity index (χ0) is 19.4. The smallest absolute Gasteiger partial charge is 0.317 e. The van der Waals surface area contributed by atoms with Gasteiger partial charge in [0.2, 0.25) is 0 Å². The molecule has 0 aliphatic heterocycles. The van der Waals surface area contributed by atoms with E-state index in [1.165, 1.54) is 4.57 Å². The highest BCUT2D eigenvalue weighted by molar-refractivity contribution is 8.00. The highest BCUT2D eigenvalue weighted by atomic mass is 32.2. The molecule has 0 saturated heterocycles. The molecule has 0 radical (unpaired) electrons. The Bertz CT molecular complexity index is 1010. The number of unbranched alkanes of at least 4 members (excludes halogenated alkanes) is 1. The van der Waals surface area contributed by atoms with Crippen molar-refractivity contribution in [1.82, 2.24) is 14.5 Å². The number of carbonyl (C=O) groups is 1. The third-order valence-electron chi connectivity index (χ3n) is 4.44. The molecular formula is C19H23N3O4S. The van der Waals surface area contributed by atoms with Crippen LogP contribution >= 0.6 is 11.8 Å². The number of ether oxygens (including phenoxy) is 1. The number of hydrogen-bond acceptors (Lipinski definition) is 5. The van der Waals surface area contributed by atoms with Gasteiger partial charge in [-0.1, -0.05) is 49.7 Å². The van der Waals surface area contributed by atoms with E-state index in [1.54, 1.807) is 7.11 Å². The van der Waals surface area contributed by atoms with Gasteiger partial charge in [-0.05, 0) is 12.5 Å². The SMILES string of the molecule is CCCCC(Sc1nc2c([nH]c3ccccc32)c(=O)n1CCOC)C(=O)O. The first-order valence-corrected chi connectivity index (χ1v) is 9.84. The van der Waals surface area contributed by atoms with Crippen molar-refractivity contribution in [3.8, 4) is 0 Å². The summed E-state index contributed by atoms with van der Waals surface area (Å²) in [5.74, 6) is -0.889. The summed E-state index contributed by atoms with van der Waals surface area (Å²) in [6.45, 7) is 2.68. The van der Waals surface area contributed by atoms with Gasteiger partial charge in [0.05, 0.1) is 13.2 Å². The van der Waals surface area contributed by atoms with E-state index >= 15 is 0 Å². The van der Waals surface area contributed by atoms with Crippen molar-refractivity contribution in [3.05, 3.63) is 34.6 Å². The predicted octanol–water partition coefficient (Wildman–Crippen LogP) is 3.26. The molecule has 1 unspecified atom stereocenters. The Kier molecular flexibility index (Phi) is 6.18. The molecular weight excluding hydrogens is 366 g/mol. The maximum Gasteiger partial charge on any atom is 0.317 e. The first kappa shape index (κ1) is 19.4. The van der Waals surface area contributed by atoms with Gasteiger partial charge in [-0.25, -0.2) is 4.98 Å². The number of carboxylic acids is 1. The third kappa shape index (κ3) is 4.01. The molecule has 0 bridgehead atoms. The number of H-pyrrole nitrogens is 1. The van der Waals surface area contributed by atoms with Crippen LogP contribution in [0.1, 0.15) is 26.2 Å². The Morgan fingerprint density at radius 1 is 1.41 bits per heavy atom. The second kappa shape index (κ2) is 8.58. The molecule has 27 heavy (non-hydrogen) atoms. The normalized spacial score (nSPS) is 12.7. The van der Waals surface area contributed by atoms with E-state index in [0.717, 1.165) is 35.5 Å². The molecule has 8 heteroatoms. The van der Waals surface area contributed by atoms with E-state index in [2.05, 4.69) is 9.97 Å². The molecule has 1 aromatic carbocycles. The number of para-hydroxylation sites is 1. The van der Waals surface area contributed by atoms with Gasteiger partial charge in [0.1, 0.15) is 16.3 Å². The molecule has 0 aliphatic rings. The van der Waals surface area contributed by atoms with Gasteiger partial charge in [0.25, 0.3) is 5.56 Å². The van der Waals surface area contributed by atoms with Crippen LogP contribution in [0.2, 0.25) is 0 Å². The Balaban J connectivity index is 2.14. The van der Waals surface area contributed by atoms with Crippen molar-refractivity contribution < 1.29 is 14.6 Å². The summed E-state index contributed by atoms with van der Waals surface area (Å²) in [6.07, 6.45) is 2.25. The largest absolute Gasteiger partial charge is 0.480 e. The molecule has 3 aromatic rings. The van der Waals surface area contributed by atoms with Crippen molar-refractivity contribution >= 4 is 39.7 Å². The van der Waals surface area contributed by atoms with Crippen LogP contribution in [-0.4, -0.2) is 44.6 Å². The number of thioether (sulfide) groups is 1. The summed E-state index contributed by atoms with van der Waals surface area (Å²) >= 11 is 1.14. The summed E-state index contributed by atoms with van der Waals surface area (Å²) in [5, 5.41) is 10.2. The standard InChI is InChI=1S/C19H23N3O4S/c1-3-4-9-14(18(24)25)27-19-21-15-12-7-5-6-8-13(12)20-16(15)17(23)22(19)10-11-26-2/h5-8,14,20H,3-4,9-11H2,1-2H3,(H,24,25). The Morgan fingerprint density at radius 3 is 2.89 bits per heavy atom. The molecule has 0 fully saturated rings. The van der Waals surface area contributed by atoms with E-state index in [0.29, 0.717) is 35.8 Å². The molecule has 2 heterocycles. The minimum atomic E-state index is -0.889. The first-order chi connectivity index (χ1) is 13.1. The maximum atomic E-state index is 13.1. The van der Waals surface area contributed by atoms with Crippen molar-refractivity contribution in [2.24, 2.45) is 0 Å². The van der Waals surface area contributed by atoms with Crippen LogP contribution in [0.25, 0.3) is 21.9 Å². The number of methoxy groups -OCH3 is 1. The lowest BCUT2D eigenvalue weighted by molar-refractivity contribution is -0.136. The number of benzene rings is 1. The predicted molar refractivity (Wildman–Crippen MR) is 107 cm³/mol. The number of nitrogens with one attached hydrogen (secondary N) is 1. The fourth-order valence-electron chi connectivity index (χ4n) is 3.00. The highest BCUT2D eigenvalue weighted by Crippen LogP contribution is 2.28. The summed E-state index contributed by atoms with van der Waals surface area (Å²) < 4.78 is 6.63. The number of carboxylic acid groups (broad SMARTS) is 1. The Morgan fingerprint density at radius 2 is 2.19 bits per heavy atom. The number of aromatic nitrogens is 3. The quantitative estimate of drug-likeness (QED) is 0.431. The van der Waals surface area contributed by atoms with Crippen LogP contribution in [0.4, 0.5) is 0 Å². The van der Waals surface area contributed by atoms with Crippen molar-refractivity contribution in [3.63, 3.8) is 0 Å². The zero-order valence-electron chi connectivity index (χ0n) is 15.4. The van der Waals surface area contributed by atoms with Crippen LogP contribution in [0, 0.1) is 0 Å². The molecule has 0 aliphatic carbocycles. The summed E-state index contributed by atoms with van der Waals surface area (Å²) in [6, 6.07) is 7.58. The number of rotatable bonds is 9. The highest BCUT2D eigenvalue weighted by Gasteiger charge is 2.23. The van der Waals surface area contributed by atoms with Gasteiger partial charge in [-0.3, -0.25) is 14.2 Å². The average molecular weight is 389 g/mol. The molecule has 144 valence electrons. The van der Waals surface area contributed by atoms with Crippen LogP contribution in [-0.2, 0) is 16.1 Å². The van der Waals surface area contributed by atoms with Gasteiger partial charge >= 0.3 is 5.97 Å². The lowest BCUT2D eigenvalue weighted by atomic mass is 10.2. The van der Waals surface area contributed by atoms with E-state index in [1.807, 2.05) is 31.2 Å². The fraction of sp³-hybridized carbons (Fsp3) is 0.421. The van der Waals surface area contributed by atoms with Crippen LogP contribution in [0.3, 0.4) is 0 Å². The van der Waals surface area contributed by atoms with E-state index in [4.69, 9.17) is 4.74 Å². The summed E-state index contributed by atoms with van der Waals surface area (Å²) in [5.41, 5.74) is 1.62. The number of aromatic amines is 1. The zero-order valence-corrected chi connectivity index (χ0v) is 16.2. The Hall–Kier alpha value is -2.32. The molecule has 2 aromatic heterocycles. The van der Waals surface area contributed by atoms with Gasteiger partial charge < -0.3 is 14.8 Å². The first-order valence-electron chi connectivity index (χ1n) is 8.96. The number of aliphatic carboxylic acids is 1. The minimum absolute atomic E-state index is 0.213. The number of hydrogen-bond donors (Lipinski definition) is 2. The third-order valence-corrected chi connectivity index (χ3v) is 5.68.